The molecule has 20 heavy (non-hydrogen) atoms. The second kappa shape index (κ2) is 5.41. The first-order valence-electron chi connectivity index (χ1n) is 7.06. The lowest BCUT2D eigenvalue weighted by Crippen LogP contribution is -2.51. The van der Waals surface area contributed by atoms with E-state index in [1.807, 2.05) is 12.1 Å². The van der Waals surface area contributed by atoms with Gasteiger partial charge < -0.3 is 9.91 Å². The van der Waals surface area contributed by atoms with Gasteiger partial charge in [-0.05, 0) is 50.2 Å². The maximum absolute atomic E-state index is 5.95. The van der Waals surface area contributed by atoms with Crippen LogP contribution in [0.4, 0.5) is 5.69 Å². The average Bonchev–Trinajstić information content (AvgIpc) is 2.79. The van der Waals surface area contributed by atoms with Crippen LogP contribution >= 0.6 is 11.6 Å². The molecular weight excluding hydrogens is 270 g/mol. The first-order valence-corrected chi connectivity index (χ1v) is 7.43. The van der Waals surface area contributed by atoms with Crippen molar-refractivity contribution in [1.82, 2.24) is 4.68 Å². The van der Waals surface area contributed by atoms with Gasteiger partial charge in [0.05, 0.1) is 13.1 Å². The molecule has 106 valence electrons. The van der Waals surface area contributed by atoms with Crippen molar-refractivity contribution >= 4 is 17.3 Å². The third-order valence-corrected chi connectivity index (χ3v) is 4.22. The molecule has 2 heterocycles. The van der Waals surface area contributed by atoms with Crippen LogP contribution in [0.5, 0.6) is 0 Å². The molecule has 4 heteroatoms. The molecule has 1 fully saturated rings. The topological polar surface area (TPSA) is 11.4 Å². The van der Waals surface area contributed by atoms with Crippen LogP contribution in [0.15, 0.2) is 36.4 Å². The van der Waals surface area contributed by atoms with Crippen LogP contribution in [0, 0.1) is 13.8 Å². The van der Waals surface area contributed by atoms with E-state index in [-0.39, 0.29) is 0 Å². The maximum atomic E-state index is 5.95. The molecule has 3 rings (SSSR count). The van der Waals surface area contributed by atoms with Crippen molar-refractivity contribution in [3.63, 3.8) is 0 Å². The summed E-state index contributed by atoms with van der Waals surface area (Å²) in [6, 6.07) is 12.5. The molecule has 1 saturated heterocycles. The van der Waals surface area contributed by atoms with Crippen molar-refractivity contribution in [2.45, 2.75) is 13.8 Å². The molecule has 0 spiro atoms. The lowest BCUT2D eigenvalue weighted by atomic mass is 10.2. The molecule has 1 aliphatic rings. The largest absolute Gasteiger partial charge is 0.368 e. The summed E-state index contributed by atoms with van der Waals surface area (Å²) in [5, 5.41) is 3.22. The molecule has 0 saturated carbocycles. The van der Waals surface area contributed by atoms with Crippen molar-refractivity contribution < 1.29 is 0 Å². The normalized spacial score (nSPS) is 15.8. The molecule has 1 aliphatic heterocycles. The van der Waals surface area contributed by atoms with E-state index in [4.69, 9.17) is 11.6 Å². The summed E-state index contributed by atoms with van der Waals surface area (Å²) in [6.07, 6.45) is 0. The number of rotatable bonds is 2. The molecule has 1 aromatic heterocycles. The number of piperazine rings is 1. The monoisotopic (exact) mass is 289 g/mol. The number of aromatic nitrogens is 1. The van der Waals surface area contributed by atoms with Crippen molar-refractivity contribution in [3.8, 4) is 0 Å². The summed E-state index contributed by atoms with van der Waals surface area (Å²) in [7, 11) is 0. The minimum atomic E-state index is 0.797. The Morgan fingerprint density at radius 2 is 1.35 bits per heavy atom. The van der Waals surface area contributed by atoms with Crippen molar-refractivity contribution in [2.75, 3.05) is 36.1 Å². The Hall–Kier alpha value is -1.61. The quantitative estimate of drug-likeness (QED) is 0.841. The third-order valence-electron chi connectivity index (χ3n) is 3.96. The number of benzene rings is 1. The molecule has 3 nitrogen and oxygen atoms in total. The summed E-state index contributed by atoms with van der Waals surface area (Å²) < 4.78 is 2.33. The highest BCUT2D eigenvalue weighted by molar-refractivity contribution is 6.30. The lowest BCUT2D eigenvalue weighted by Gasteiger charge is -2.39. The van der Waals surface area contributed by atoms with Crippen LogP contribution < -0.4 is 9.91 Å². The Kier molecular flexibility index (Phi) is 3.62. The van der Waals surface area contributed by atoms with Gasteiger partial charge in [0.2, 0.25) is 0 Å². The summed E-state index contributed by atoms with van der Waals surface area (Å²) in [6.45, 7) is 8.49. The van der Waals surface area contributed by atoms with E-state index in [2.05, 4.69) is 52.7 Å². The number of anilines is 1. The van der Waals surface area contributed by atoms with Gasteiger partial charge in [-0.2, -0.15) is 0 Å². The predicted octanol–water partition coefficient (Wildman–Crippen LogP) is 3.22. The van der Waals surface area contributed by atoms with Gasteiger partial charge in [0.1, 0.15) is 0 Å². The zero-order valence-electron chi connectivity index (χ0n) is 12.0. The fraction of sp³-hybridized carbons (Fsp3) is 0.375. The number of halogens is 1. The van der Waals surface area contributed by atoms with Gasteiger partial charge in [0.15, 0.2) is 0 Å². The van der Waals surface area contributed by atoms with Crippen LogP contribution in [0.25, 0.3) is 0 Å². The first-order chi connectivity index (χ1) is 9.65. The number of nitrogens with zero attached hydrogens (tertiary/aromatic N) is 3. The Morgan fingerprint density at radius 1 is 0.800 bits per heavy atom. The molecule has 0 atom stereocenters. The van der Waals surface area contributed by atoms with E-state index < -0.39 is 0 Å². The minimum Gasteiger partial charge on any atom is -0.368 e. The van der Waals surface area contributed by atoms with E-state index in [1.54, 1.807) is 0 Å². The van der Waals surface area contributed by atoms with Gasteiger partial charge in [0, 0.05) is 35.2 Å². The van der Waals surface area contributed by atoms with E-state index in [1.165, 1.54) is 17.1 Å². The third kappa shape index (κ3) is 2.50. The molecule has 0 radical (unpaired) electrons. The highest BCUT2D eigenvalue weighted by Gasteiger charge is 2.19. The number of hydrogen-bond donors (Lipinski definition) is 0. The zero-order chi connectivity index (χ0) is 14.1. The number of hydrogen-bond acceptors (Lipinski definition) is 2. The van der Waals surface area contributed by atoms with E-state index in [0.717, 1.165) is 31.2 Å². The molecule has 0 unspecified atom stereocenters. The highest BCUT2D eigenvalue weighted by Crippen LogP contribution is 2.20. The van der Waals surface area contributed by atoms with Gasteiger partial charge in [-0.15, -0.1) is 0 Å². The van der Waals surface area contributed by atoms with Crippen molar-refractivity contribution in [3.05, 3.63) is 52.8 Å². The first kappa shape index (κ1) is 13.4. The summed E-state index contributed by atoms with van der Waals surface area (Å²) >= 11 is 5.95. The summed E-state index contributed by atoms with van der Waals surface area (Å²) in [4.78, 5) is 2.42. The molecule has 0 amide bonds. The van der Waals surface area contributed by atoms with Gasteiger partial charge >= 0.3 is 0 Å². The summed E-state index contributed by atoms with van der Waals surface area (Å²) in [5.41, 5.74) is 3.87. The lowest BCUT2D eigenvalue weighted by molar-refractivity contribution is 0.515. The maximum Gasteiger partial charge on any atom is 0.0521 e. The molecule has 0 bridgehead atoms. The van der Waals surface area contributed by atoms with Crippen molar-refractivity contribution in [1.29, 1.82) is 0 Å². The predicted molar refractivity (Wildman–Crippen MR) is 85.5 cm³/mol. The molecule has 1 aromatic carbocycles. The Morgan fingerprint density at radius 3 is 1.90 bits per heavy atom. The van der Waals surface area contributed by atoms with Crippen LogP contribution in [-0.2, 0) is 0 Å². The Balaban J connectivity index is 1.69. The van der Waals surface area contributed by atoms with Crippen LogP contribution in [0.3, 0.4) is 0 Å². The SMILES string of the molecule is Cc1ccc(C)n1N1CCN(c2ccc(Cl)cc2)CC1. The molecule has 0 aliphatic carbocycles. The number of aryl methyl sites for hydroxylation is 2. The average molecular weight is 290 g/mol. The second-order valence-electron chi connectivity index (χ2n) is 5.35. The standard InChI is InChI=1S/C16H20ClN3/c1-13-3-4-14(2)20(13)19-11-9-18(10-12-19)16-7-5-15(17)6-8-16/h3-8H,9-12H2,1-2H3. The van der Waals surface area contributed by atoms with Crippen molar-refractivity contribution in [2.24, 2.45) is 0 Å². The van der Waals surface area contributed by atoms with Crippen LogP contribution in [0.2, 0.25) is 5.02 Å². The van der Waals surface area contributed by atoms with Crippen LogP contribution in [-0.4, -0.2) is 30.9 Å². The molecular formula is C16H20ClN3. The Labute approximate surface area is 125 Å². The van der Waals surface area contributed by atoms with Crippen LogP contribution in [0.1, 0.15) is 11.4 Å². The molecule has 0 N–H and O–H groups in total. The second-order valence-corrected chi connectivity index (χ2v) is 5.78. The smallest absolute Gasteiger partial charge is 0.0521 e. The van der Waals surface area contributed by atoms with E-state index >= 15 is 0 Å². The van der Waals surface area contributed by atoms with E-state index in [9.17, 15) is 0 Å². The van der Waals surface area contributed by atoms with Gasteiger partial charge in [-0.3, -0.25) is 4.68 Å². The van der Waals surface area contributed by atoms with Gasteiger partial charge in [-0.25, -0.2) is 0 Å². The summed E-state index contributed by atoms with van der Waals surface area (Å²) in [5.74, 6) is 0. The minimum absolute atomic E-state index is 0.797. The van der Waals surface area contributed by atoms with E-state index in [0.29, 0.717) is 0 Å². The van der Waals surface area contributed by atoms with Gasteiger partial charge in [0.25, 0.3) is 0 Å². The molecule has 2 aromatic rings. The van der Waals surface area contributed by atoms with Gasteiger partial charge in [-0.1, -0.05) is 11.6 Å². The fourth-order valence-electron chi connectivity index (χ4n) is 2.91. The highest BCUT2D eigenvalue weighted by atomic mass is 35.5. The fourth-order valence-corrected chi connectivity index (χ4v) is 3.04. The zero-order valence-corrected chi connectivity index (χ0v) is 12.8. The Bertz CT molecular complexity index is 561.